The maximum atomic E-state index is 12.4. The lowest BCUT2D eigenvalue weighted by molar-refractivity contribution is -0.147. The second-order valence-electron chi connectivity index (χ2n) is 7.08. The molecular formula is C17H29N5O9. The molecule has 0 saturated heterocycles. The summed E-state index contributed by atoms with van der Waals surface area (Å²) in [6, 6.07) is -5.76. The van der Waals surface area contributed by atoms with Crippen LogP contribution in [0.15, 0.2) is 0 Å². The lowest BCUT2D eigenvalue weighted by Gasteiger charge is -2.24. The predicted molar refractivity (Wildman–Crippen MR) is 104 cm³/mol. The van der Waals surface area contributed by atoms with Crippen molar-refractivity contribution in [3.63, 3.8) is 0 Å². The molecule has 0 spiro atoms. The number of carboxylic acids is 2. The molecule has 0 fully saturated rings. The zero-order valence-corrected chi connectivity index (χ0v) is 17.2. The number of carbonyl (C=O) groups is 6. The molecule has 0 aromatic heterocycles. The topological polar surface area (TPSA) is 251 Å². The van der Waals surface area contributed by atoms with Crippen molar-refractivity contribution in [1.82, 2.24) is 16.0 Å². The molecular weight excluding hydrogens is 418 g/mol. The summed E-state index contributed by atoms with van der Waals surface area (Å²) in [5.41, 5.74) is 10.7. The molecule has 0 rings (SSSR count). The highest BCUT2D eigenvalue weighted by Crippen LogP contribution is 2.03. The largest absolute Gasteiger partial charge is 0.481 e. The Morgan fingerprint density at radius 1 is 0.839 bits per heavy atom. The molecule has 0 saturated carbocycles. The van der Waals surface area contributed by atoms with Crippen LogP contribution in [0.25, 0.3) is 0 Å². The Kier molecular flexibility index (Phi) is 11.7. The molecule has 0 bridgehead atoms. The van der Waals surface area contributed by atoms with Crippen molar-refractivity contribution in [2.45, 2.75) is 57.3 Å². The van der Waals surface area contributed by atoms with Gasteiger partial charge in [0.05, 0.1) is 19.1 Å². The van der Waals surface area contributed by atoms with Crippen molar-refractivity contribution in [3.05, 3.63) is 0 Å². The Hall–Kier alpha value is -3.26. The Bertz CT molecular complexity index is 697. The average Bonchev–Trinajstić information content (AvgIpc) is 2.66. The first-order valence-electron chi connectivity index (χ1n) is 9.30. The number of hydrogen-bond donors (Lipinski definition) is 8. The Morgan fingerprint density at radius 3 is 1.74 bits per heavy atom. The summed E-state index contributed by atoms with van der Waals surface area (Å²) in [6.07, 6.45) is -1.65. The van der Waals surface area contributed by atoms with Gasteiger partial charge in [-0.05, 0) is 12.3 Å². The molecule has 0 aliphatic heterocycles. The maximum absolute atomic E-state index is 12.4. The van der Waals surface area contributed by atoms with E-state index in [2.05, 4.69) is 10.6 Å². The van der Waals surface area contributed by atoms with Gasteiger partial charge in [-0.2, -0.15) is 0 Å². The van der Waals surface area contributed by atoms with Gasteiger partial charge in [-0.15, -0.1) is 0 Å². The summed E-state index contributed by atoms with van der Waals surface area (Å²) in [4.78, 5) is 69.8. The summed E-state index contributed by atoms with van der Waals surface area (Å²) in [5, 5.41) is 33.6. The number of primary amides is 1. The van der Waals surface area contributed by atoms with Crippen LogP contribution in [0, 0.1) is 5.92 Å². The quantitative estimate of drug-likeness (QED) is 0.129. The van der Waals surface area contributed by atoms with E-state index in [4.69, 9.17) is 21.7 Å². The average molecular weight is 447 g/mol. The van der Waals surface area contributed by atoms with E-state index in [1.807, 2.05) is 5.32 Å². The second-order valence-corrected chi connectivity index (χ2v) is 7.08. The molecule has 0 heterocycles. The fourth-order valence-electron chi connectivity index (χ4n) is 2.24. The van der Waals surface area contributed by atoms with Gasteiger partial charge in [0.15, 0.2) is 0 Å². The molecule has 0 aromatic carbocycles. The first kappa shape index (κ1) is 27.7. The molecule has 14 heteroatoms. The lowest BCUT2D eigenvalue weighted by atomic mass is 10.0. The van der Waals surface area contributed by atoms with Crippen LogP contribution in [0.5, 0.6) is 0 Å². The molecule has 0 aliphatic rings. The van der Waals surface area contributed by atoms with E-state index in [-0.39, 0.29) is 18.8 Å². The van der Waals surface area contributed by atoms with E-state index >= 15 is 0 Å². The van der Waals surface area contributed by atoms with Gasteiger partial charge in [-0.1, -0.05) is 13.8 Å². The second kappa shape index (κ2) is 13.1. The smallest absolute Gasteiger partial charge is 0.326 e. The zero-order valence-electron chi connectivity index (χ0n) is 17.2. The number of carboxylic acid groups (broad SMARTS) is 2. The van der Waals surface area contributed by atoms with Crippen LogP contribution in [0.3, 0.4) is 0 Å². The maximum Gasteiger partial charge on any atom is 0.326 e. The van der Waals surface area contributed by atoms with Crippen molar-refractivity contribution in [3.8, 4) is 0 Å². The van der Waals surface area contributed by atoms with E-state index in [1.54, 1.807) is 13.8 Å². The Balaban J connectivity index is 5.38. The third kappa shape index (κ3) is 10.4. The van der Waals surface area contributed by atoms with E-state index in [0.29, 0.717) is 0 Å². The van der Waals surface area contributed by atoms with Crippen LogP contribution in [-0.4, -0.2) is 81.7 Å². The third-order valence-corrected chi connectivity index (χ3v) is 4.14. The predicted octanol–water partition coefficient (Wildman–Crippen LogP) is -3.76. The standard InChI is InChI=1S/C17H29N5O9/c1-7(2)13(19)16(29)22-10(6-23)15(28)20-8(3-4-11(18)24)14(27)21-9(17(30)31)5-12(25)26/h7-10,13,23H,3-6,19H2,1-2H3,(H2,18,24)(H,20,28)(H,21,27)(H,22,29)(H,25,26)(H,30,31). The van der Waals surface area contributed by atoms with Gasteiger partial charge in [-0.3, -0.25) is 24.0 Å². The fourth-order valence-corrected chi connectivity index (χ4v) is 2.24. The van der Waals surface area contributed by atoms with Gasteiger partial charge in [0.2, 0.25) is 23.6 Å². The first-order chi connectivity index (χ1) is 14.3. The molecule has 4 amide bonds. The normalized spacial score (nSPS) is 14.6. The van der Waals surface area contributed by atoms with E-state index in [1.165, 1.54) is 0 Å². The number of amides is 4. The molecule has 176 valence electrons. The van der Waals surface area contributed by atoms with Crippen LogP contribution < -0.4 is 27.4 Å². The number of rotatable bonds is 14. The van der Waals surface area contributed by atoms with E-state index in [9.17, 15) is 33.9 Å². The minimum Gasteiger partial charge on any atom is -0.481 e. The van der Waals surface area contributed by atoms with Crippen molar-refractivity contribution >= 4 is 35.6 Å². The summed E-state index contributed by atoms with van der Waals surface area (Å²) in [6.45, 7) is 2.49. The highest BCUT2D eigenvalue weighted by Gasteiger charge is 2.31. The number of aliphatic carboxylic acids is 2. The van der Waals surface area contributed by atoms with Crippen molar-refractivity contribution < 1.29 is 44.1 Å². The molecule has 4 unspecified atom stereocenters. The third-order valence-electron chi connectivity index (χ3n) is 4.14. The number of nitrogens with one attached hydrogen (secondary N) is 3. The minimum absolute atomic E-state index is 0.265. The molecule has 4 atom stereocenters. The summed E-state index contributed by atoms with van der Waals surface area (Å²) in [5.74, 6) is -7.03. The van der Waals surface area contributed by atoms with E-state index < -0.39 is 72.8 Å². The zero-order chi connectivity index (χ0) is 24.3. The van der Waals surface area contributed by atoms with Gasteiger partial charge in [0.25, 0.3) is 0 Å². The lowest BCUT2D eigenvalue weighted by Crippen LogP contribution is -2.58. The van der Waals surface area contributed by atoms with Gasteiger partial charge in [0, 0.05) is 6.42 Å². The van der Waals surface area contributed by atoms with Crippen molar-refractivity contribution in [1.29, 1.82) is 0 Å². The van der Waals surface area contributed by atoms with Gasteiger partial charge in [-0.25, -0.2) is 4.79 Å². The van der Waals surface area contributed by atoms with Crippen LogP contribution in [-0.2, 0) is 28.8 Å². The number of aliphatic hydroxyl groups excluding tert-OH is 1. The summed E-state index contributed by atoms with van der Waals surface area (Å²) < 4.78 is 0. The number of hydrogen-bond acceptors (Lipinski definition) is 8. The molecule has 0 aliphatic carbocycles. The molecule has 10 N–H and O–H groups in total. The van der Waals surface area contributed by atoms with Crippen molar-refractivity contribution in [2.75, 3.05) is 6.61 Å². The van der Waals surface area contributed by atoms with Crippen LogP contribution in [0.1, 0.15) is 33.1 Å². The molecule has 0 aromatic rings. The molecule has 0 radical (unpaired) electrons. The number of aliphatic hydroxyl groups is 1. The fraction of sp³-hybridized carbons (Fsp3) is 0.647. The van der Waals surface area contributed by atoms with Crippen LogP contribution in [0.2, 0.25) is 0 Å². The minimum atomic E-state index is -1.80. The number of carbonyl (C=O) groups excluding carboxylic acids is 4. The first-order valence-corrected chi connectivity index (χ1v) is 9.30. The SMILES string of the molecule is CC(C)C(N)C(=O)NC(CO)C(=O)NC(CCC(N)=O)C(=O)NC(CC(=O)O)C(=O)O. The van der Waals surface area contributed by atoms with Crippen LogP contribution >= 0.6 is 0 Å². The van der Waals surface area contributed by atoms with E-state index in [0.717, 1.165) is 0 Å². The number of nitrogens with two attached hydrogens (primary N) is 2. The molecule has 14 nitrogen and oxygen atoms in total. The van der Waals surface area contributed by atoms with Gasteiger partial charge < -0.3 is 42.7 Å². The monoisotopic (exact) mass is 447 g/mol. The highest BCUT2D eigenvalue weighted by molar-refractivity contribution is 5.95. The highest BCUT2D eigenvalue weighted by atomic mass is 16.4. The molecule has 31 heavy (non-hydrogen) atoms. The van der Waals surface area contributed by atoms with Gasteiger partial charge >= 0.3 is 11.9 Å². The Labute approximate surface area is 177 Å². The summed E-state index contributed by atoms with van der Waals surface area (Å²) in [7, 11) is 0. The Morgan fingerprint density at radius 2 is 1.32 bits per heavy atom. The van der Waals surface area contributed by atoms with Crippen LogP contribution in [0.4, 0.5) is 0 Å². The summed E-state index contributed by atoms with van der Waals surface area (Å²) >= 11 is 0. The van der Waals surface area contributed by atoms with Crippen molar-refractivity contribution in [2.24, 2.45) is 17.4 Å². The van der Waals surface area contributed by atoms with Gasteiger partial charge in [0.1, 0.15) is 18.1 Å².